The summed E-state index contributed by atoms with van der Waals surface area (Å²) in [5, 5.41) is 0. The van der Waals surface area contributed by atoms with E-state index in [9.17, 15) is 0 Å². The third-order valence-electron chi connectivity index (χ3n) is 0. The topological polar surface area (TPSA) is 85.5 Å². The van der Waals surface area contributed by atoms with Gasteiger partial charge in [-0.1, -0.05) is 0 Å². The second kappa shape index (κ2) is 97.6. The van der Waals surface area contributed by atoms with Crippen molar-refractivity contribution in [2.75, 3.05) is 0 Å². The Morgan fingerprint density at radius 2 is 0.600 bits per heavy atom. The van der Waals surface area contributed by atoms with Gasteiger partial charge in [0.25, 0.3) is 0 Å². The summed E-state index contributed by atoms with van der Waals surface area (Å²) in [6.45, 7) is 0. The minimum absolute atomic E-state index is 0. The van der Waals surface area contributed by atoms with Crippen LogP contribution in [-0.4, -0.2) is 0 Å². The zero-order valence-corrected chi connectivity index (χ0v) is 6.30. The second-order valence-electron chi connectivity index (χ2n) is 0. The van der Waals surface area contributed by atoms with Crippen molar-refractivity contribution in [2.24, 2.45) is 0 Å². The summed E-state index contributed by atoms with van der Waals surface area (Å²) in [5.41, 5.74) is 0. The number of rotatable bonds is 0. The fourth-order valence-electron chi connectivity index (χ4n) is 0. The Bertz CT molecular complexity index is 6.85. The Kier molecular flexibility index (Phi) is 3640. The molecule has 0 bridgehead atoms. The molecule has 0 heterocycles. The van der Waals surface area contributed by atoms with Crippen LogP contribution >= 0.6 is 0 Å². The third kappa shape index (κ3) is 53.6. The van der Waals surface area contributed by atoms with Crippen LogP contribution < -0.4 is 0 Å². The summed E-state index contributed by atoms with van der Waals surface area (Å²) >= 11 is 0. The van der Waals surface area contributed by atoms with Crippen LogP contribution in [0.4, 0.5) is 4.70 Å². The van der Waals surface area contributed by atoms with Gasteiger partial charge in [0.1, 0.15) is 0 Å². The second-order valence-corrected chi connectivity index (χ2v) is 0. The molecule has 0 aliphatic carbocycles. The monoisotopic (exact) mass is 306 g/mol. The average molecular weight is 306 g/mol. The van der Waals surface area contributed by atoms with Gasteiger partial charge in [-0.25, -0.2) is 0 Å². The first-order chi connectivity index (χ1) is 0. The van der Waals surface area contributed by atoms with Crippen LogP contribution in [0.15, 0.2) is 0 Å². The van der Waals surface area contributed by atoms with Crippen molar-refractivity contribution < 1.29 is 52.2 Å². The maximum absolute atomic E-state index is 0. The van der Waals surface area contributed by atoms with E-state index >= 15 is 0 Å². The molecule has 0 amide bonds. The van der Waals surface area contributed by atoms with Crippen LogP contribution in [0.3, 0.4) is 0 Å². The number of hydrogen-bond donors (Lipinski definition) is 0. The van der Waals surface area contributed by atoms with E-state index in [-0.39, 0.29) is 52.2 Å². The smallest absolute Gasteiger partial charge is 0 e. The molecule has 0 fully saturated rings. The van der Waals surface area contributed by atoms with Crippen LogP contribution in [0.2, 0.25) is 0 Å². The van der Waals surface area contributed by atoms with E-state index in [0.29, 0.717) is 0 Å². The average Bonchev–Trinajstić information content (AvgIpc) is 0. The first kappa shape index (κ1) is 187. The molecule has 5 heavy (non-hydrogen) atoms. The van der Waals surface area contributed by atoms with E-state index in [4.69, 9.17) is 0 Å². The minimum Gasteiger partial charge on any atom is -2.00 e. The summed E-state index contributed by atoms with van der Waals surface area (Å²) in [5.74, 6) is 0. The molecule has 0 aromatic heterocycles. The Morgan fingerprint density at radius 1 is 0.600 bits per heavy atom. The van der Waals surface area contributed by atoms with Gasteiger partial charge in [-0.2, -0.15) is 0 Å². The van der Waals surface area contributed by atoms with E-state index in [2.05, 4.69) is 0 Å². The predicted molar refractivity (Wildman–Crippen MR) is 4.56 cm³/mol. The van der Waals surface area contributed by atoms with Gasteiger partial charge in [-0.3, -0.25) is 4.70 Å². The van der Waals surface area contributed by atoms with Crippen LogP contribution in [0, 0.1) is 31.1 Å². The molecule has 0 aliphatic heterocycles. The van der Waals surface area contributed by atoms with Crippen molar-refractivity contribution in [2.45, 2.75) is 0 Å². The SMILES string of the molecule is F.[O-2].[O-2].[O-2].[U]. The zero-order chi connectivity index (χ0) is 0. The molecule has 0 aliphatic rings. The van der Waals surface area contributed by atoms with Crippen LogP contribution in [0.5, 0.6) is 0 Å². The maximum Gasteiger partial charge on any atom is 0 e. The molecule has 0 unspecified atom stereocenters. The Hall–Kier alpha value is 0.862. The molecule has 36 valence electrons. The van der Waals surface area contributed by atoms with Crippen molar-refractivity contribution in [3.63, 3.8) is 0 Å². The number of halogens is 1. The molecule has 0 saturated heterocycles. The molecule has 5 heteroatoms. The molecule has 3 nitrogen and oxygen atoms in total. The standard InChI is InChI=1S/FH.3O.U/h1H;;;;/q;3*-2;. The molecule has 0 radical (unpaired) electrons. The van der Waals surface area contributed by atoms with Gasteiger partial charge < -0.3 is 16.4 Å². The van der Waals surface area contributed by atoms with Gasteiger partial charge in [-0.05, 0) is 0 Å². The first-order valence-electron chi connectivity index (χ1n) is 0. The number of hydrogen-bond acceptors (Lipinski definition) is 0. The van der Waals surface area contributed by atoms with Crippen molar-refractivity contribution >= 4 is 0 Å². The maximum atomic E-state index is 0. The van der Waals surface area contributed by atoms with Crippen molar-refractivity contribution in [3.05, 3.63) is 0 Å². The zero-order valence-electron chi connectivity index (χ0n) is 2.13. The predicted octanol–water partition coefficient (Wildman–Crippen LogP) is -0.204. The fraction of sp³-hybridized carbons (Fsp3) is 0. The van der Waals surface area contributed by atoms with Gasteiger partial charge in [0.05, 0.1) is 0 Å². The molecule has 0 rings (SSSR count). The summed E-state index contributed by atoms with van der Waals surface area (Å²) in [6.07, 6.45) is 0. The van der Waals surface area contributed by atoms with Gasteiger partial charge in [0.2, 0.25) is 0 Å². The molecular formula is HFO3U-6. The summed E-state index contributed by atoms with van der Waals surface area (Å²) in [7, 11) is 0. The summed E-state index contributed by atoms with van der Waals surface area (Å²) < 4.78 is 0. The minimum atomic E-state index is 0. The van der Waals surface area contributed by atoms with Crippen LogP contribution in [0.25, 0.3) is 0 Å². The molecule has 0 spiro atoms. The van der Waals surface area contributed by atoms with Gasteiger partial charge in [0.15, 0.2) is 0 Å². The van der Waals surface area contributed by atoms with Crippen LogP contribution in [-0.2, 0) is 16.4 Å². The third-order valence-corrected chi connectivity index (χ3v) is 0. The molecule has 0 N–H and O–H groups in total. The van der Waals surface area contributed by atoms with Crippen molar-refractivity contribution in [1.29, 1.82) is 0 Å². The molecule has 0 saturated carbocycles. The van der Waals surface area contributed by atoms with Crippen molar-refractivity contribution in [1.82, 2.24) is 0 Å². The fourth-order valence-corrected chi connectivity index (χ4v) is 0. The van der Waals surface area contributed by atoms with Gasteiger partial charge >= 0.3 is 0 Å². The van der Waals surface area contributed by atoms with E-state index in [1.807, 2.05) is 0 Å². The van der Waals surface area contributed by atoms with E-state index in [0.717, 1.165) is 0 Å². The van der Waals surface area contributed by atoms with E-state index < -0.39 is 0 Å². The molecule has 0 aromatic rings. The Morgan fingerprint density at radius 3 is 0.600 bits per heavy atom. The van der Waals surface area contributed by atoms with Crippen LogP contribution in [0.1, 0.15) is 0 Å². The Labute approximate surface area is 52.4 Å². The van der Waals surface area contributed by atoms with Gasteiger partial charge in [0, 0.05) is 31.1 Å². The first-order valence-corrected chi connectivity index (χ1v) is 0. The summed E-state index contributed by atoms with van der Waals surface area (Å²) in [4.78, 5) is 0. The quantitative estimate of drug-likeness (QED) is 0.593. The van der Waals surface area contributed by atoms with E-state index in [1.165, 1.54) is 0 Å². The largest absolute Gasteiger partial charge is 2.00 e. The van der Waals surface area contributed by atoms with Crippen molar-refractivity contribution in [3.8, 4) is 0 Å². The van der Waals surface area contributed by atoms with E-state index in [1.54, 1.807) is 0 Å². The van der Waals surface area contributed by atoms with Gasteiger partial charge in [-0.15, -0.1) is 0 Å². The molecule has 0 aromatic carbocycles. The Balaban J connectivity index is 0. The molecule has 0 atom stereocenters. The molecular weight excluding hydrogens is 305 g/mol. The summed E-state index contributed by atoms with van der Waals surface area (Å²) in [6, 6.07) is 0. The normalized spacial score (nSPS) is 0.